The molecule has 2 aliphatic rings. The third-order valence-corrected chi connectivity index (χ3v) is 7.36. The monoisotopic (exact) mass is 429 g/mol. The van der Waals surface area contributed by atoms with Gasteiger partial charge in [0.2, 0.25) is 0 Å². The zero-order valence-corrected chi connectivity index (χ0v) is 17.3. The van der Waals surface area contributed by atoms with Crippen LogP contribution in [0.25, 0.3) is 0 Å². The summed E-state index contributed by atoms with van der Waals surface area (Å²) in [5, 5.41) is 0.201. The fourth-order valence-corrected chi connectivity index (χ4v) is 5.91. The minimum Gasteiger partial charge on any atom is -0.482 e. The van der Waals surface area contributed by atoms with E-state index in [2.05, 4.69) is 4.74 Å². The predicted octanol–water partition coefficient (Wildman–Crippen LogP) is 2.46. The molecule has 1 aromatic carbocycles. The lowest BCUT2D eigenvalue weighted by Crippen LogP contribution is -2.48. The number of amides is 1. The van der Waals surface area contributed by atoms with Crippen molar-refractivity contribution in [3.63, 3.8) is 0 Å². The van der Waals surface area contributed by atoms with Crippen molar-refractivity contribution in [1.82, 2.24) is 4.90 Å². The van der Waals surface area contributed by atoms with Crippen molar-refractivity contribution >= 4 is 33.3 Å². The highest BCUT2D eigenvalue weighted by atomic mass is 35.5. The molecule has 1 aliphatic heterocycles. The van der Waals surface area contributed by atoms with Gasteiger partial charge in [-0.3, -0.25) is 4.79 Å². The predicted molar refractivity (Wildman–Crippen MR) is 104 cm³/mol. The maximum atomic E-state index is 12.9. The molecule has 1 amide bonds. The zero-order chi connectivity index (χ0) is 20.3. The average molecular weight is 430 g/mol. The van der Waals surface area contributed by atoms with Crippen LogP contribution >= 0.6 is 11.6 Å². The molecule has 9 heteroatoms. The van der Waals surface area contributed by atoms with Crippen LogP contribution in [0, 0.1) is 0 Å². The van der Waals surface area contributed by atoms with Crippen LogP contribution in [0.4, 0.5) is 0 Å². The van der Waals surface area contributed by atoms with Crippen molar-refractivity contribution in [2.45, 2.75) is 44.2 Å². The Morgan fingerprint density at radius 1 is 1.18 bits per heavy atom. The molecular formula is C19H24ClNO6S. The molecule has 0 unspecified atom stereocenters. The molecule has 2 fully saturated rings. The summed E-state index contributed by atoms with van der Waals surface area (Å²) in [7, 11) is -1.81. The van der Waals surface area contributed by atoms with E-state index in [0.717, 1.165) is 25.7 Å². The Labute approximate surface area is 169 Å². The summed E-state index contributed by atoms with van der Waals surface area (Å²) in [6.45, 7) is -0.232. The van der Waals surface area contributed by atoms with E-state index in [9.17, 15) is 18.0 Å². The highest BCUT2D eigenvalue weighted by Crippen LogP contribution is 2.30. The van der Waals surface area contributed by atoms with Crippen LogP contribution in [0.1, 0.15) is 42.5 Å². The van der Waals surface area contributed by atoms with Crippen LogP contribution in [0.15, 0.2) is 18.2 Å². The number of sulfone groups is 1. The van der Waals surface area contributed by atoms with Crippen molar-refractivity contribution in [3.05, 3.63) is 28.8 Å². The van der Waals surface area contributed by atoms with Crippen LogP contribution < -0.4 is 4.74 Å². The van der Waals surface area contributed by atoms with E-state index in [-0.39, 0.29) is 52.4 Å². The molecule has 1 heterocycles. The number of benzene rings is 1. The number of halogens is 1. The van der Waals surface area contributed by atoms with Crippen molar-refractivity contribution < 1.29 is 27.5 Å². The van der Waals surface area contributed by atoms with Crippen LogP contribution in [0.3, 0.4) is 0 Å². The lowest BCUT2D eigenvalue weighted by atomic mass is 10.1. The molecule has 1 aliphatic carbocycles. The average Bonchev–Trinajstić information content (AvgIpc) is 3.30. The number of methoxy groups -OCH3 is 1. The van der Waals surface area contributed by atoms with E-state index in [0.29, 0.717) is 6.42 Å². The van der Waals surface area contributed by atoms with Crippen molar-refractivity contribution in [2.24, 2.45) is 0 Å². The van der Waals surface area contributed by atoms with E-state index in [1.165, 1.54) is 25.3 Å². The second-order valence-electron chi connectivity index (χ2n) is 7.22. The Hall–Kier alpha value is -1.80. The summed E-state index contributed by atoms with van der Waals surface area (Å²) >= 11 is 6.15. The molecule has 154 valence electrons. The summed E-state index contributed by atoms with van der Waals surface area (Å²) < 4.78 is 34.0. The Kier molecular flexibility index (Phi) is 6.50. The Balaban J connectivity index is 1.69. The maximum Gasteiger partial charge on any atom is 0.337 e. The Bertz CT molecular complexity index is 850. The lowest BCUT2D eigenvalue weighted by Gasteiger charge is -2.34. The normalized spacial score (nSPS) is 21.4. The first-order valence-corrected chi connectivity index (χ1v) is 11.5. The fraction of sp³-hybridized carbons (Fsp3) is 0.579. The first-order valence-electron chi connectivity index (χ1n) is 9.33. The lowest BCUT2D eigenvalue weighted by molar-refractivity contribution is -0.137. The zero-order valence-electron chi connectivity index (χ0n) is 15.7. The fourth-order valence-electron chi connectivity index (χ4n) is 3.96. The number of ether oxygens (including phenoxy) is 2. The van der Waals surface area contributed by atoms with Crippen LogP contribution in [0.5, 0.6) is 5.75 Å². The summed E-state index contributed by atoms with van der Waals surface area (Å²) in [6, 6.07) is 4.22. The molecule has 1 saturated carbocycles. The number of carbonyl (C=O) groups is 2. The molecule has 0 aromatic heterocycles. The van der Waals surface area contributed by atoms with Crippen molar-refractivity contribution in [3.8, 4) is 5.75 Å². The first-order chi connectivity index (χ1) is 13.3. The third-order valence-electron chi connectivity index (χ3n) is 5.31. The molecule has 7 nitrogen and oxygen atoms in total. The largest absolute Gasteiger partial charge is 0.482 e. The molecular weight excluding hydrogens is 406 g/mol. The van der Waals surface area contributed by atoms with E-state index in [1.807, 2.05) is 0 Å². The van der Waals surface area contributed by atoms with Crippen LogP contribution in [0.2, 0.25) is 5.02 Å². The van der Waals surface area contributed by atoms with Gasteiger partial charge in [-0.1, -0.05) is 24.4 Å². The van der Waals surface area contributed by atoms with Gasteiger partial charge in [0.15, 0.2) is 16.4 Å². The molecule has 3 rings (SSSR count). The minimum absolute atomic E-state index is 0.0177. The van der Waals surface area contributed by atoms with Gasteiger partial charge in [0, 0.05) is 12.1 Å². The standard InChI is InChI=1S/C19H24ClNO6S/c1-26-19(23)13-6-7-17(16(20)10-13)27-11-18(22)21(14-4-2-3-5-14)15-8-9-28(24,25)12-15/h6-7,10,14-15H,2-5,8-9,11-12H2,1H3/t15-/m0/s1. The molecule has 0 bridgehead atoms. The van der Waals surface area contributed by atoms with Gasteiger partial charge in [-0.2, -0.15) is 0 Å². The first kappa shape index (κ1) is 20.9. The Morgan fingerprint density at radius 3 is 2.46 bits per heavy atom. The minimum atomic E-state index is -3.09. The van der Waals surface area contributed by atoms with Crippen LogP contribution in [-0.4, -0.2) is 62.5 Å². The van der Waals surface area contributed by atoms with E-state index >= 15 is 0 Å². The van der Waals surface area contributed by atoms with Crippen molar-refractivity contribution in [1.29, 1.82) is 0 Å². The summed E-state index contributed by atoms with van der Waals surface area (Å²) in [5.74, 6) is -0.325. The van der Waals surface area contributed by atoms with E-state index in [1.54, 1.807) is 4.90 Å². The number of nitrogens with zero attached hydrogens (tertiary/aromatic N) is 1. The third kappa shape index (κ3) is 4.78. The Morgan fingerprint density at radius 2 is 1.89 bits per heavy atom. The summed E-state index contributed by atoms with van der Waals surface area (Å²) in [4.78, 5) is 26.2. The SMILES string of the molecule is COC(=O)c1ccc(OCC(=O)N(C2CCCC2)[C@H]2CCS(=O)(=O)C2)c(Cl)c1. The van der Waals surface area contributed by atoms with E-state index < -0.39 is 15.8 Å². The van der Waals surface area contributed by atoms with Gasteiger partial charge in [0.25, 0.3) is 5.91 Å². The molecule has 0 N–H and O–H groups in total. The maximum absolute atomic E-state index is 12.9. The van der Waals surface area contributed by atoms with Crippen molar-refractivity contribution in [2.75, 3.05) is 25.2 Å². The van der Waals surface area contributed by atoms with Crippen LogP contribution in [-0.2, 0) is 19.4 Å². The molecule has 0 spiro atoms. The molecule has 1 atom stereocenters. The molecule has 1 saturated heterocycles. The second-order valence-corrected chi connectivity index (χ2v) is 9.86. The molecule has 1 aromatic rings. The van der Waals surface area contributed by atoms with Gasteiger partial charge in [0.1, 0.15) is 5.75 Å². The highest BCUT2D eigenvalue weighted by Gasteiger charge is 2.39. The number of esters is 1. The van der Waals surface area contributed by atoms with Gasteiger partial charge >= 0.3 is 5.97 Å². The van der Waals surface area contributed by atoms with Gasteiger partial charge in [-0.15, -0.1) is 0 Å². The van der Waals surface area contributed by atoms with Gasteiger partial charge in [-0.25, -0.2) is 13.2 Å². The quantitative estimate of drug-likeness (QED) is 0.645. The summed E-state index contributed by atoms with van der Waals surface area (Å²) in [5.41, 5.74) is 0.287. The number of rotatable bonds is 6. The summed E-state index contributed by atoms with van der Waals surface area (Å²) in [6.07, 6.45) is 4.32. The second kappa shape index (κ2) is 8.69. The van der Waals surface area contributed by atoms with Gasteiger partial charge < -0.3 is 14.4 Å². The number of hydrogen-bond donors (Lipinski definition) is 0. The topological polar surface area (TPSA) is 90.0 Å². The van der Waals surface area contributed by atoms with E-state index in [4.69, 9.17) is 16.3 Å². The smallest absolute Gasteiger partial charge is 0.337 e. The van der Waals surface area contributed by atoms with Gasteiger partial charge in [-0.05, 0) is 37.5 Å². The molecule has 28 heavy (non-hydrogen) atoms. The number of hydrogen-bond acceptors (Lipinski definition) is 6. The van der Waals surface area contributed by atoms with Gasteiger partial charge in [0.05, 0.1) is 29.2 Å². The highest BCUT2D eigenvalue weighted by molar-refractivity contribution is 7.91. The molecule has 0 radical (unpaired) electrons. The number of carbonyl (C=O) groups excluding carboxylic acids is 2.